The van der Waals surface area contributed by atoms with E-state index in [1.165, 1.54) is 60.9 Å². The summed E-state index contributed by atoms with van der Waals surface area (Å²) in [6.07, 6.45) is 0. The topological polar surface area (TPSA) is 8.17 Å². The second kappa shape index (κ2) is 10.6. The van der Waals surface area contributed by atoms with Crippen LogP contribution >= 0.6 is 0 Å². The average molecular weight is 603 g/mol. The van der Waals surface area contributed by atoms with Gasteiger partial charge in [0.05, 0.1) is 28.1 Å². The van der Waals surface area contributed by atoms with E-state index in [2.05, 4.69) is 193 Å². The molecule has 2 nitrogen and oxygen atoms in total. The van der Waals surface area contributed by atoms with Gasteiger partial charge in [-0.2, -0.15) is 0 Å². The first-order valence-corrected chi connectivity index (χ1v) is 16.4. The molecular weight excluding hydrogens is 569 g/mol. The molecule has 0 saturated carbocycles. The summed E-state index contributed by atoms with van der Waals surface area (Å²) >= 11 is 0. The zero-order valence-corrected chi connectivity index (χ0v) is 26.6. The maximum absolute atomic E-state index is 2.53. The van der Waals surface area contributed by atoms with E-state index in [0.717, 1.165) is 17.1 Å². The first kappa shape index (κ1) is 27.5. The number of para-hydroxylation sites is 3. The number of fused-ring (bicyclic) bond motifs is 6. The molecule has 0 amide bonds. The van der Waals surface area contributed by atoms with Crippen LogP contribution in [0.15, 0.2) is 170 Å². The first-order valence-electron chi connectivity index (χ1n) is 16.4. The van der Waals surface area contributed by atoms with Crippen LogP contribution in [0.5, 0.6) is 0 Å². The molecule has 0 N–H and O–H groups in total. The Bertz CT molecular complexity index is 2430. The Morgan fingerprint density at radius 3 is 1.85 bits per heavy atom. The van der Waals surface area contributed by atoms with Gasteiger partial charge in [0.15, 0.2) is 0 Å². The summed E-state index contributed by atoms with van der Waals surface area (Å²) in [5.41, 5.74) is 14.7. The minimum atomic E-state index is -0.109. The molecule has 1 heterocycles. The summed E-state index contributed by atoms with van der Waals surface area (Å²) in [5, 5.41) is 2.47. The molecule has 8 aromatic rings. The molecule has 0 aliphatic heterocycles. The molecule has 0 atom stereocenters. The standard InChI is InChI=1S/C45H34N2/c1-45(2)36-24-12-9-22-34(36)43-37(45)25-15-28-40(43)47(38-26-13-10-21-33(38)31-17-5-3-6-18-31)42-30-16-29-41-44(42)35-23-11-14-27-39(35)46(41)32-19-7-4-8-20-32/h3-30H,1-2H3. The Labute approximate surface area is 275 Å². The quantitative estimate of drug-likeness (QED) is 0.190. The van der Waals surface area contributed by atoms with E-state index in [1.54, 1.807) is 0 Å². The van der Waals surface area contributed by atoms with Gasteiger partial charge < -0.3 is 9.47 Å². The molecule has 0 bridgehead atoms. The maximum Gasteiger partial charge on any atom is 0.0562 e. The summed E-state index contributed by atoms with van der Waals surface area (Å²) in [6.45, 7) is 4.72. The molecule has 7 aromatic carbocycles. The normalized spacial score (nSPS) is 13.1. The van der Waals surface area contributed by atoms with Gasteiger partial charge in [0.25, 0.3) is 0 Å². The lowest BCUT2D eigenvalue weighted by molar-refractivity contribution is 0.660. The minimum absolute atomic E-state index is 0.109. The van der Waals surface area contributed by atoms with E-state index in [0.29, 0.717) is 0 Å². The molecule has 0 fully saturated rings. The first-order chi connectivity index (χ1) is 23.1. The Hall–Kier alpha value is -5.86. The fraction of sp³-hybridized carbons (Fsp3) is 0.0667. The van der Waals surface area contributed by atoms with Crippen molar-refractivity contribution in [2.75, 3.05) is 4.90 Å². The molecule has 1 aromatic heterocycles. The fourth-order valence-corrected chi connectivity index (χ4v) is 7.88. The second-order valence-electron chi connectivity index (χ2n) is 12.9. The van der Waals surface area contributed by atoms with Crippen LogP contribution in [0.3, 0.4) is 0 Å². The lowest BCUT2D eigenvalue weighted by Gasteiger charge is -2.31. The van der Waals surface area contributed by atoms with Crippen molar-refractivity contribution in [1.82, 2.24) is 4.57 Å². The largest absolute Gasteiger partial charge is 0.309 e. The zero-order valence-electron chi connectivity index (χ0n) is 26.6. The number of aromatic nitrogens is 1. The van der Waals surface area contributed by atoms with Crippen LogP contribution in [-0.2, 0) is 5.41 Å². The van der Waals surface area contributed by atoms with Crippen molar-refractivity contribution >= 4 is 38.9 Å². The van der Waals surface area contributed by atoms with Crippen LogP contribution in [0.1, 0.15) is 25.0 Å². The summed E-state index contributed by atoms with van der Waals surface area (Å²) in [5.74, 6) is 0. The Morgan fingerprint density at radius 1 is 0.447 bits per heavy atom. The van der Waals surface area contributed by atoms with Gasteiger partial charge >= 0.3 is 0 Å². The van der Waals surface area contributed by atoms with Crippen molar-refractivity contribution in [2.45, 2.75) is 19.3 Å². The van der Waals surface area contributed by atoms with Crippen molar-refractivity contribution in [3.05, 3.63) is 181 Å². The highest BCUT2D eigenvalue weighted by molar-refractivity contribution is 6.17. The molecule has 224 valence electrons. The molecule has 2 heteroatoms. The highest BCUT2D eigenvalue weighted by Gasteiger charge is 2.38. The van der Waals surface area contributed by atoms with E-state index in [-0.39, 0.29) is 5.41 Å². The van der Waals surface area contributed by atoms with Crippen molar-refractivity contribution in [3.8, 4) is 27.9 Å². The molecular formula is C45H34N2. The van der Waals surface area contributed by atoms with Gasteiger partial charge in [-0.05, 0) is 64.7 Å². The van der Waals surface area contributed by atoms with E-state index in [4.69, 9.17) is 0 Å². The van der Waals surface area contributed by atoms with Gasteiger partial charge in [-0.1, -0.05) is 141 Å². The van der Waals surface area contributed by atoms with Crippen LogP contribution in [0.4, 0.5) is 17.1 Å². The Balaban J connectivity index is 1.43. The number of rotatable bonds is 5. The molecule has 0 saturated heterocycles. The Morgan fingerprint density at radius 2 is 1.02 bits per heavy atom. The molecule has 0 unspecified atom stereocenters. The predicted molar refractivity (Wildman–Crippen MR) is 198 cm³/mol. The van der Waals surface area contributed by atoms with Gasteiger partial charge in [0, 0.05) is 33.0 Å². The fourth-order valence-electron chi connectivity index (χ4n) is 7.88. The third-order valence-electron chi connectivity index (χ3n) is 9.99. The number of hydrogen-bond acceptors (Lipinski definition) is 1. The summed E-state index contributed by atoms with van der Waals surface area (Å²) in [4.78, 5) is 2.53. The summed E-state index contributed by atoms with van der Waals surface area (Å²) in [6, 6.07) is 61.8. The van der Waals surface area contributed by atoms with Crippen molar-refractivity contribution in [1.29, 1.82) is 0 Å². The van der Waals surface area contributed by atoms with Crippen molar-refractivity contribution < 1.29 is 0 Å². The maximum atomic E-state index is 2.53. The van der Waals surface area contributed by atoms with Crippen molar-refractivity contribution in [2.24, 2.45) is 0 Å². The smallest absolute Gasteiger partial charge is 0.0562 e. The second-order valence-corrected chi connectivity index (χ2v) is 12.9. The van der Waals surface area contributed by atoms with Gasteiger partial charge in [-0.25, -0.2) is 0 Å². The van der Waals surface area contributed by atoms with Gasteiger partial charge in [0.2, 0.25) is 0 Å². The van der Waals surface area contributed by atoms with E-state index < -0.39 is 0 Å². The minimum Gasteiger partial charge on any atom is -0.309 e. The number of nitrogens with zero attached hydrogens (tertiary/aromatic N) is 2. The van der Waals surface area contributed by atoms with Crippen LogP contribution in [0.25, 0.3) is 49.7 Å². The monoisotopic (exact) mass is 602 g/mol. The van der Waals surface area contributed by atoms with Crippen LogP contribution in [0, 0.1) is 0 Å². The summed E-state index contributed by atoms with van der Waals surface area (Å²) < 4.78 is 2.41. The van der Waals surface area contributed by atoms with E-state index >= 15 is 0 Å². The Kier molecular flexibility index (Phi) is 6.20. The van der Waals surface area contributed by atoms with E-state index in [9.17, 15) is 0 Å². The SMILES string of the molecule is CC1(C)c2ccccc2-c2c(N(c3ccccc3-c3ccccc3)c3cccc4c3c3ccccc3n4-c3ccccc3)cccc21. The average Bonchev–Trinajstić information content (AvgIpc) is 3.59. The van der Waals surface area contributed by atoms with Crippen LogP contribution in [0.2, 0.25) is 0 Å². The zero-order chi connectivity index (χ0) is 31.5. The van der Waals surface area contributed by atoms with Crippen LogP contribution < -0.4 is 4.90 Å². The lowest BCUT2D eigenvalue weighted by atomic mass is 9.82. The number of benzene rings is 7. The van der Waals surface area contributed by atoms with Gasteiger partial charge in [0.1, 0.15) is 0 Å². The molecule has 1 aliphatic rings. The van der Waals surface area contributed by atoms with Crippen molar-refractivity contribution in [3.63, 3.8) is 0 Å². The molecule has 0 radical (unpaired) electrons. The summed E-state index contributed by atoms with van der Waals surface area (Å²) in [7, 11) is 0. The molecule has 1 aliphatic carbocycles. The highest BCUT2D eigenvalue weighted by atomic mass is 15.2. The third-order valence-corrected chi connectivity index (χ3v) is 9.99. The van der Waals surface area contributed by atoms with Gasteiger partial charge in [-0.15, -0.1) is 0 Å². The van der Waals surface area contributed by atoms with Gasteiger partial charge in [-0.3, -0.25) is 0 Å². The third kappa shape index (κ3) is 4.11. The highest BCUT2D eigenvalue weighted by Crippen LogP contribution is 2.55. The number of hydrogen-bond donors (Lipinski definition) is 0. The van der Waals surface area contributed by atoms with Crippen LogP contribution in [-0.4, -0.2) is 4.57 Å². The lowest BCUT2D eigenvalue weighted by Crippen LogP contribution is -2.16. The predicted octanol–water partition coefficient (Wildman–Crippen LogP) is 12.2. The molecule has 0 spiro atoms. The molecule has 47 heavy (non-hydrogen) atoms. The number of anilines is 3. The van der Waals surface area contributed by atoms with E-state index in [1.807, 2.05) is 0 Å². The molecule has 9 rings (SSSR count).